The molecule has 1 aliphatic rings. The zero-order chi connectivity index (χ0) is 18.2. The predicted molar refractivity (Wildman–Crippen MR) is 92.4 cm³/mol. The summed E-state index contributed by atoms with van der Waals surface area (Å²) in [6.45, 7) is 2.88. The van der Waals surface area contributed by atoms with Gasteiger partial charge in [-0.3, -0.25) is 4.79 Å². The molecule has 1 N–H and O–H groups in total. The molecule has 0 fully saturated rings. The van der Waals surface area contributed by atoms with Gasteiger partial charge in [-0.25, -0.2) is 0 Å². The molecule has 0 unspecified atom stereocenters. The smallest absolute Gasteiger partial charge is 0.385 e. The van der Waals surface area contributed by atoms with Gasteiger partial charge in [0.1, 0.15) is 0 Å². The maximum atomic E-state index is 13.1. The number of anilines is 2. The van der Waals surface area contributed by atoms with Crippen molar-refractivity contribution in [3.05, 3.63) is 58.1 Å². The van der Waals surface area contributed by atoms with Crippen LogP contribution in [0.15, 0.2) is 36.4 Å². The van der Waals surface area contributed by atoms with Gasteiger partial charge in [-0.05, 0) is 43.2 Å². The molecule has 0 radical (unpaired) electrons. The van der Waals surface area contributed by atoms with Gasteiger partial charge in [0.25, 0.3) is 5.91 Å². The summed E-state index contributed by atoms with van der Waals surface area (Å²) < 4.78 is 39.3. The molecule has 0 aliphatic carbocycles. The average Bonchev–Trinajstić information content (AvgIpc) is 2.55. The van der Waals surface area contributed by atoms with Crippen LogP contribution in [0.25, 0.3) is 0 Å². The molecule has 0 aromatic heterocycles. The molecular weight excluding hydrogens is 353 g/mol. The van der Waals surface area contributed by atoms with Crippen LogP contribution in [-0.2, 0) is 12.6 Å². The molecule has 3 rings (SSSR count). The van der Waals surface area contributed by atoms with Crippen molar-refractivity contribution in [2.75, 3.05) is 23.3 Å². The minimum absolute atomic E-state index is 0.193. The summed E-state index contributed by atoms with van der Waals surface area (Å²) in [5.41, 5.74) is 1.35. The van der Waals surface area contributed by atoms with Crippen molar-refractivity contribution >= 4 is 28.9 Å². The lowest BCUT2D eigenvalue weighted by Gasteiger charge is -2.30. The molecule has 0 saturated carbocycles. The Hall–Kier alpha value is -2.21. The number of fused-ring (bicyclic) bond motifs is 1. The van der Waals surface area contributed by atoms with Crippen LogP contribution in [0.4, 0.5) is 24.5 Å². The highest BCUT2D eigenvalue weighted by molar-refractivity contribution is 6.31. The first-order chi connectivity index (χ1) is 11.8. The number of nitrogens with one attached hydrogen (secondary N) is 1. The number of amides is 1. The molecule has 132 valence electrons. The normalized spacial score (nSPS) is 14.4. The topological polar surface area (TPSA) is 32.3 Å². The Kier molecular flexibility index (Phi) is 4.64. The van der Waals surface area contributed by atoms with Gasteiger partial charge in [0.15, 0.2) is 0 Å². The second-order valence-corrected chi connectivity index (χ2v) is 6.15. The van der Waals surface area contributed by atoms with Crippen LogP contribution >= 0.6 is 11.6 Å². The molecule has 1 amide bonds. The van der Waals surface area contributed by atoms with Crippen LogP contribution in [0.5, 0.6) is 0 Å². The first-order valence-corrected chi connectivity index (χ1v) is 8.25. The van der Waals surface area contributed by atoms with Gasteiger partial charge in [-0.15, -0.1) is 0 Å². The van der Waals surface area contributed by atoms with E-state index in [1.54, 1.807) is 6.07 Å². The molecule has 25 heavy (non-hydrogen) atoms. The fraction of sp³-hybridized carbons (Fsp3) is 0.278. The van der Waals surface area contributed by atoms with Gasteiger partial charge >= 0.3 is 6.18 Å². The zero-order valence-corrected chi connectivity index (χ0v) is 14.2. The summed E-state index contributed by atoms with van der Waals surface area (Å²) in [6.07, 6.45) is -4.00. The third kappa shape index (κ3) is 3.31. The predicted octanol–water partition coefficient (Wildman–Crippen LogP) is 4.99. The van der Waals surface area contributed by atoms with Crippen LogP contribution in [-0.4, -0.2) is 19.0 Å². The Bertz CT molecular complexity index is 820. The largest absolute Gasteiger partial charge is 0.417 e. The summed E-state index contributed by atoms with van der Waals surface area (Å²) in [6, 6.07) is 9.08. The summed E-state index contributed by atoms with van der Waals surface area (Å²) in [4.78, 5) is 14.3. The van der Waals surface area contributed by atoms with Gasteiger partial charge in [0.05, 0.1) is 16.1 Å². The SMILES string of the molecule is CCNc1cccc2c1C(=O)N(c1ccc(Cl)c(C(F)(F)F)c1)CC2. The van der Waals surface area contributed by atoms with Gasteiger partial charge < -0.3 is 10.2 Å². The standard InChI is InChI=1S/C18H16ClF3N2O/c1-2-23-15-5-3-4-11-8-9-24(17(25)16(11)15)12-6-7-14(19)13(10-12)18(20,21)22/h3-7,10,23H,2,8-9H2,1H3. The second kappa shape index (κ2) is 6.59. The minimum atomic E-state index is -4.57. The molecule has 2 aromatic carbocycles. The van der Waals surface area contributed by atoms with Crippen LogP contribution in [0, 0.1) is 0 Å². The van der Waals surface area contributed by atoms with Gasteiger partial charge in [-0.1, -0.05) is 23.7 Å². The molecular formula is C18H16ClF3N2O. The zero-order valence-electron chi connectivity index (χ0n) is 13.5. The quantitative estimate of drug-likeness (QED) is 0.827. The number of alkyl halides is 3. The lowest BCUT2D eigenvalue weighted by Crippen LogP contribution is -2.38. The Morgan fingerprint density at radius 3 is 2.68 bits per heavy atom. The summed E-state index contributed by atoms with van der Waals surface area (Å²) in [7, 11) is 0. The molecule has 1 heterocycles. The number of hydrogen-bond acceptors (Lipinski definition) is 2. The Morgan fingerprint density at radius 1 is 1.24 bits per heavy atom. The first-order valence-electron chi connectivity index (χ1n) is 7.87. The van der Waals surface area contributed by atoms with Crippen molar-refractivity contribution in [1.82, 2.24) is 0 Å². The van der Waals surface area contributed by atoms with Crippen molar-refractivity contribution in [3.8, 4) is 0 Å². The third-order valence-corrected chi connectivity index (χ3v) is 4.48. The van der Waals surface area contributed by atoms with Crippen LogP contribution in [0.1, 0.15) is 28.4 Å². The van der Waals surface area contributed by atoms with Crippen LogP contribution in [0.2, 0.25) is 5.02 Å². The summed E-state index contributed by atoms with van der Waals surface area (Å²) in [5.74, 6) is -0.312. The van der Waals surface area contributed by atoms with E-state index in [0.29, 0.717) is 30.8 Å². The highest BCUT2D eigenvalue weighted by atomic mass is 35.5. The highest BCUT2D eigenvalue weighted by Crippen LogP contribution is 2.38. The summed E-state index contributed by atoms with van der Waals surface area (Å²) >= 11 is 5.67. The molecule has 0 saturated heterocycles. The van der Waals surface area contributed by atoms with E-state index in [4.69, 9.17) is 11.6 Å². The lowest BCUT2D eigenvalue weighted by atomic mass is 9.96. The lowest BCUT2D eigenvalue weighted by molar-refractivity contribution is -0.137. The maximum Gasteiger partial charge on any atom is 0.417 e. The molecule has 1 aliphatic heterocycles. The van der Waals surface area contributed by atoms with Crippen LogP contribution < -0.4 is 10.2 Å². The monoisotopic (exact) mass is 368 g/mol. The first kappa shape index (κ1) is 17.6. The second-order valence-electron chi connectivity index (χ2n) is 5.74. The maximum absolute atomic E-state index is 13.1. The Labute approximate surface area is 148 Å². The summed E-state index contributed by atoms with van der Waals surface area (Å²) in [5, 5.41) is 2.75. The van der Waals surface area contributed by atoms with E-state index in [9.17, 15) is 18.0 Å². The third-order valence-electron chi connectivity index (χ3n) is 4.15. The number of halogens is 4. The number of nitrogens with zero attached hydrogens (tertiary/aromatic N) is 1. The van der Waals surface area contributed by atoms with E-state index >= 15 is 0 Å². The number of hydrogen-bond donors (Lipinski definition) is 1. The minimum Gasteiger partial charge on any atom is -0.385 e. The molecule has 2 aromatic rings. The molecule has 0 spiro atoms. The molecule has 3 nitrogen and oxygen atoms in total. The van der Waals surface area contributed by atoms with Crippen molar-refractivity contribution < 1.29 is 18.0 Å². The number of benzene rings is 2. The number of carbonyl (C=O) groups excluding carboxylic acids is 1. The van der Waals surface area contributed by atoms with Crippen molar-refractivity contribution in [3.63, 3.8) is 0 Å². The van der Waals surface area contributed by atoms with Gasteiger partial charge in [0.2, 0.25) is 0 Å². The number of carbonyl (C=O) groups is 1. The Morgan fingerprint density at radius 2 is 2.00 bits per heavy atom. The molecule has 7 heteroatoms. The van der Waals surface area contributed by atoms with E-state index in [1.807, 2.05) is 19.1 Å². The van der Waals surface area contributed by atoms with Crippen molar-refractivity contribution in [2.24, 2.45) is 0 Å². The molecule has 0 atom stereocenters. The highest BCUT2D eigenvalue weighted by Gasteiger charge is 2.35. The van der Waals surface area contributed by atoms with E-state index in [0.717, 1.165) is 11.6 Å². The van der Waals surface area contributed by atoms with Crippen LogP contribution in [0.3, 0.4) is 0 Å². The fourth-order valence-corrected chi connectivity index (χ4v) is 3.24. The van der Waals surface area contributed by atoms with Gasteiger partial charge in [0, 0.05) is 24.5 Å². The number of rotatable bonds is 3. The van der Waals surface area contributed by atoms with E-state index in [1.165, 1.54) is 17.0 Å². The van der Waals surface area contributed by atoms with Gasteiger partial charge in [-0.2, -0.15) is 13.2 Å². The van der Waals surface area contributed by atoms with E-state index in [-0.39, 0.29) is 16.6 Å². The van der Waals surface area contributed by atoms with Crippen molar-refractivity contribution in [2.45, 2.75) is 19.5 Å². The fourth-order valence-electron chi connectivity index (χ4n) is 3.01. The molecule has 0 bridgehead atoms. The van der Waals surface area contributed by atoms with Crippen molar-refractivity contribution in [1.29, 1.82) is 0 Å². The van der Waals surface area contributed by atoms with E-state index in [2.05, 4.69) is 5.32 Å². The average molecular weight is 369 g/mol. The van der Waals surface area contributed by atoms with E-state index < -0.39 is 11.7 Å². The Balaban J connectivity index is 2.03.